The molecule has 2 unspecified atom stereocenters. The van der Waals surface area contributed by atoms with Crippen molar-refractivity contribution in [2.45, 2.75) is 70.8 Å². The van der Waals surface area contributed by atoms with Gasteiger partial charge in [-0.3, -0.25) is 4.79 Å². The van der Waals surface area contributed by atoms with Crippen LogP contribution < -0.4 is 10.1 Å². The molecule has 1 aromatic heterocycles. The summed E-state index contributed by atoms with van der Waals surface area (Å²) < 4.78 is 8.21. The number of carbonyl (C=O) groups excluding carboxylic acids is 1. The van der Waals surface area contributed by atoms with Crippen LogP contribution in [0, 0.1) is 5.41 Å². The largest absolute Gasteiger partial charge is 0.497 e. The lowest BCUT2D eigenvalue weighted by molar-refractivity contribution is -0.138. The van der Waals surface area contributed by atoms with Gasteiger partial charge in [0.2, 0.25) is 5.91 Å². The van der Waals surface area contributed by atoms with Gasteiger partial charge in [-0.1, -0.05) is 44.9 Å². The molecule has 37 heavy (non-hydrogen) atoms. The maximum absolute atomic E-state index is 14.3. The van der Waals surface area contributed by atoms with Crippen molar-refractivity contribution in [3.8, 4) is 17.0 Å². The fourth-order valence-corrected chi connectivity index (χ4v) is 7.14. The predicted octanol–water partition coefficient (Wildman–Crippen LogP) is 6.78. The number of nitrogens with one attached hydrogen (secondary N) is 1. The number of hydrogen-bond donors (Lipinski definition) is 1. The number of benzene rings is 2. The Hall–Kier alpha value is -3.21. The molecule has 0 radical (unpaired) electrons. The van der Waals surface area contributed by atoms with Gasteiger partial charge in [-0.2, -0.15) is 0 Å². The molecule has 0 bridgehead atoms. The van der Waals surface area contributed by atoms with E-state index in [0.717, 1.165) is 37.4 Å². The van der Waals surface area contributed by atoms with E-state index in [1.54, 1.807) is 7.11 Å². The van der Waals surface area contributed by atoms with E-state index in [1.165, 1.54) is 59.0 Å². The van der Waals surface area contributed by atoms with E-state index in [-0.39, 0.29) is 11.8 Å². The van der Waals surface area contributed by atoms with E-state index in [4.69, 9.17) is 4.74 Å². The van der Waals surface area contributed by atoms with Crippen LogP contribution in [-0.2, 0) is 11.3 Å². The normalized spacial score (nSPS) is 22.8. The van der Waals surface area contributed by atoms with Gasteiger partial charge in [0, 0.05) is 60.8 Å². The minimum absolute atomic E-state index is 0.212. The van der Waals surface area contributed by atoms with Crippen LogP contribution in [0.1, 0.15) is 75.3 Å². The Morgan fingerprint density at radius 1 is 1.19 bits per heavy atom. The highest BCUT2D eigenvalue weighted by molar-refractivity contribution is 5.96. The third kappa shape index (κ3) is 3.61. The number of para-hydroxylation sites is 1. The monoisotopic (exact) mass is 497 g/mol. The molecule has 194 valence electrons. The van der Waals surface area contributed by atoms with Crippen molar-refractivity contribution in [1.29, 1.82) is 0 Å². The second kappa shape index (κ2) is 9.27. The Kier molecular flexibility index (Phi) is 6.05. The van der Waals surface area contributed by atoms with Crippen LogP contribution >= 0.6 is 0 Å². The topological polar surface area (TPSA) is 46.5 Å². The molecule has 3 heterocycles. The van der Waals surface area contributed by atoms with Crippen LogP contribution in [0.25, 0.3) is 22.2 Å². The van der Waals surface area contributed by atoms with Crippen LogP contribution in [0.4, 0.5) is 0 Å². The van der Waals surface area contributed by atoms with Gasteiger partial charge in [-0.05, 0) is 60.6 Å². The van der Waals surface area contributed by atoms with Crippen LogP contribution in [0.15, 0.2) is 54.4 Å². The third-order valence-electron chi connectivity index (χ3n) is 9.02. The summed E-state index contributed by atoms with van der Waals surface area (Å²) >= 11 is 0. The number of likely N-dealkylation sites (tertiary alicyclic amines) is 1. The van der Waals surface area contributed by atoms with Gasteiger partial charge < -0.3 is 19.5 Å². The third-order valence-corrected chi connectivity index (χ3v) is 9.02. The summed E-state index contributed by atoms with van der Waals surface area (Å²) in [5.74, 6) is 1.87. The van der Waals surface area contributed by atoms with E-state index in [9.17, 15) is 4.79 Å². The minimum atomic E-state index is -0.413. The average molecular weight is 498 g/mol. The molecule has 6 rings (SSSR count). The van der Waals surface area contributed by atoms with Gasteiger partial charge in [0.15, 0.2) is 0 Å². The molecule has 2 atom stereocenters. The van der Waals surface area contributed by atoms with Gasteiger partial charge in [0.05, 0.1) is 18.2 Å². The van der Waals surface area contributed by atoms with Crippen LogP contribution in [0.5, 0.6) is 5.75 Å². The lowest BCUT2D eigenvalue weighted by Gasteiger charge is -2.37. The Balaban J connectivity index is 1.59. The second-order valence-corrected chi connectivity index (χ2v) is 11.1. The lowest BCUT2D eigenvalue weighted by atomic mass is 9.85. The van der Waals surface area contributed by atoms with Crippen LogP contribution in [0.2, 0.25) is 0 Å². The highest BCUT2D eigenvalue weighted by Crippen LogP contribution is 2.66. The van der Waals surface area contributed by atoms with E-state index < -0.39 is 5.41 Å². The molecule has 3 aliphatic rings. The molecule has 1 amide bonds. The predicted molar refractivity (Wildman–Crippen MR) is 150 cm³/mol. The van der Waals surface area contributed by atoms with Crippen molar-refractivity contribution in [3.05, 3.63) is 65.5 Å². The van der Waals surface area contributed by atoms with Crippen LogP contribution in [-0.4, -0.2) is 36.1 Å². The Labute approximate surface area is 220 Å². The van der Waals surface area contributed by atoms with Gasteiger partial charge >= 0.3 is 0 Å². The smallest absolute Gasteiger partial charge is 0.235 e. The SMILES string of the molecule is CCCC(CCC)c1c2n(c3ccccc13)CC1(C(=O)N3CC/C3=C\NC)CC1c1cc(OC)ccc1-2. The summed E-state index contributed by atoms with van der Waals surface area (Å²) in [5, 5.41) is 4.48. The first-order chi connectivity index (χ1) is 18.1. The molecule has 5 nitrogen and oxygen atoms in total. The molecule has 3 aromatic rings. The average Bonchev–Trinajstić information content (AvgIpc) is 3.57. The molecule has 2 aliphatic heterocycles. The summed E-state index contributed by atoms with van der Waals surface area (Å²) in [5.41, 5.74) is 7.34. The van der Waals surface area contributed by atoms with Crippen molar-refractivity contribution in [2.75, 3.05) is 20.7 Å². The fraction of sp³-hybridized carbons (Fsp3) is 0.469. The van der Waals surface area contributed by atoms with E-state index in [1.807, 2.05) is 18.1 Å². The number of amides is 1. The van der Waals surface area contributed by atoms with Gasteiger partial charge in [0.1, 0.15) is 5.75 Å². The Bertz CT molecular complexity index is 1380. The lowest BCUT2D eigenvalue weighted by Crippen LogP contribution is -2.46. The quantitative estimate of drug-likeness (QED) is 0.373. The molecule has 1 aliphatic carbocycles. The number of fused-ring (bicyclic) bond motifs is 7. The number of carbonyl (C=O) groups is 1. The van der Waals surface area contributed by atoms with E-state index >= 15 is 0 Å². The molecule has 1 saturated heterocycles. The zero-order valence-electron chi connectivity index (χ0n) is 22.6. The van der Waals surface area contributed by atoms with Gasteiger partial charge in [0.25, 0.3) is 0 Å². The van der Waals surface area contributed by atoms with Gasteiger partial charge in [-0.15, -0.1) is 0 Å². The Morgan fingerprint density at radius 3 is 2.65 bits per heavy atom. The van der Waals surface area contributed by atoms with Crippen molar-refractivity contribution in [1.82, 2.24) is 14.8 Å². The molecule has 1 saturated carbocycles. The minimum Gasteiger partial charge on any atom is -0.497 e. The van der Waals surface area contributed by atoms with Crippen molar-refractivity contribution in [2.24, 2.45) is 5.41 Å². The summed E-state index contributed by atoms with van der Waals surface area (Å²) in [6.07, 6.45) is 8.52. The molecule has 0 spiro atoms. The summed E-state index contributed by atoms with van der Waals surface area (Å²) in [6.45, 7) is 6.14. The maximum atomic E-state index is 14.3. The molecule has 2 aromatic carbocycles. The molecule has 2 fully saturated rings. The van der Waals surface area contributed by atoms with Gasteiger partial charge in [-0.25, -0.2) is 0 Å². The number of nitrogens with zero attached hydrogens (tertiary/aromatic N) is 2. The number of methoxy groups -OCH3 is 1. The first kappa shape index (κ1) is 24.1. The first-order valence-electron chi connectivity index (χ1n) is 14.1. The standard InChI is InChI=1S/C32H39N3O2/c1-5-9-21(10-6-2)29-25-11-7-8-12-28(25)35-20-32(31(36)34-16-15-22(34)19-33-3)18-27(32)26-17-23(37-4)13-14-24(26)30(29)35/h7-8,11-14,17,19,21,27,33H,5-6,9-10,15-16,18,20H2,1-4H3/b22-19+. The van der Waals surface area contributed by atoms with E-state index in [2.05, 4.69) is 66.2 Å². The van der Waals surface area contributed by atoms with E-state index in [0.29, 0.717) is 5.92 Å². The number of ether oxygens (including phenoxy) is 1. The number of aromatic nitrogens is 1. The fourth-order valence-electron chi connectivity index (χ4n) is 7.14. The van der Waals surface area contributed by atoms with Crippen molar-refractivity contribution >= 4 is 16.8 Å². The zero-order valence-corrected chi connectivity index (χ0v) is 22.6. The second-order valence-electron chi connectivity index (χ2n) is 11.1. The number of hydrogen-bond acceptors (Lipinski definition) is 3. The zero-order chi connectivity index (χ0) is 25.7. The highest BCUT2D eigenvalue weighted by atomic mass is 16.5. The number of rotatable bonds is 8. The first-order valence-corrected chi connectivity index (χ1v) is 14.1. The summed E-state index contributed by atoms with van der Waals surface area (Å²) in [6, 6.07) is 15.4. The molecule has 1 N–H and O–H groups in total. The van der Waals surface area contributed by atoms with Crippen LogP contribution in [0.3, 0.4) is 0 Å². The molecular weight excluding hydrogens is 458 g/mol. The molecule has 5 heteroatoms. The summed E-state index contributed by atoms with van der Waals surface area (Å²) in [4.78, 5) is 16.3. The molecular formula is C32H39N3O2. The maximum Gasteiger partial charge on any atom is 0.235 e. The Morgan fingerprint density at radius 2 is 1.97 bits per heavy atom. The van der Waals surface area contributed by atoms with Crippen molar-refractivity contribution < 1.29 is 9.53 Å². The highest BCUT2D eigenvalue weighted by Gasteiger charge is 2.64. The van der Waals surface area contributed by atoms with Crippen molar-refractivity contribution in [3.63, 3.8) is 0 Å². The summed E-state index contributed by atoms with van der Waals surface area (Å²) in [7, 11) is 3.64.